The van der Waals surface area contributed by atoms with Crippen molar-refractivity contribution < 1.29 is 4.74 Å². The van der Waals surface area contributed by atoms with Gasteiger partial charge >= 0.3 is 0 Å². The molecule has 1 aliphatic carbocycles. The van der Waals surface area contributed by atoms with E-state index < -0.39 is 0 Å². The average molecular weight is 217 g/mol. The summed E-state index contributed by atoms with van der Waals surface area (Å²) in [4.78, 5) is 4.18. The molecule has 2 heterocycles. The summed E-state index contributed by atoms with van der Waals surface area (Å²) in [7, 11) is 1.64. The Labute approximate surface area is 94.2 Å². The van der Waals surface area contributed by atoms with E-state index in [9.17, 15) is 0 Å². The van der Waals surface area contributed by atoms with E-state index in [1.54, 1.807) is 13.3 Å². The number of pyridine rings is 1. The van der Waals surface area contributed by atoms with Crippen LogP contribution in [0.1, 0.15) is 19.3 Å². The first kappa shape index (κ1) is 9.63. The molecule has 4 heteroatoms. The molecule has 0 aliphatic heterocycles. The second-order valence-corrected chi connectivity index (χ2v) is 4.38. The molecule has 0 atom stereocenters. The number of hydrogen-bond acceptors (Lipinski definition) is 3. The molecule has 0 saturated heterocycles. The molecule has 1 fully saturated rings. The molecule has 0 spiro atoms. The minimum Gasteiger partial charge on any atom is -0.480 e. The van der Waals surface area contributed by atoms with E-state index in [4.69, 9.17) is 4.74 Å². The largest absolute Gasteiger partial charge is 0.480 e. The lowest BCUT2D eigenvalue weighted by Crippen LogP contribution is -2.18. The van der Waals surface area contributed by atoms with Gasteiger partial charge in [0.05, 0.1) is 24.2 Å². The van der Waals surface area contributed by atoms with E-state index in [-0.39, 0.29) is 0 Å². The van der Waals surface area contributed by atoms with Crippen molar-refractivity contribution in [2.75, 3.05) is 7.11 Å². The van der Waals surface area contributed by atoms with Gasteiger partial charge in [-0.25, -0.2) is 4.98 Å². The maximum atomic E-state index is 5.22. The normalized spacial score (nSPS) is 16.3. The van der Waals surface area contributed by atoms with Crippen molar-refractivity contribution in [3.8, 4) is 5.88 Å². The lowest BCUT2D eigenvalue weighted by molar-refractivity contribution is 0.270. The van der Waals surface area contributed by atoms with Crippen molar-refractivity contribution in [1.82, 2.24) is 14.8 Å². The quantitative estimate of drug-likeness (QED) is 0.791. The van der Waals surface area contributed by atoms with Gasteiger partial charge in [-0.2, -0.15) is 5.10 Å². The van der Waals surface area contributed by atoms with Gasteiger partial charge in [0.25, 0.3) is 0 Å². The fourth-order valence-electron chi connectivity index (χ4n) is 2.21. The van der Waals surface area contributed by atoms with Gasteiger partial charge in [-0.1, -0.05) is 6.42 Å². The summed E-state index contributed by atoms with van der Waals surface area (Å²) >= 11 is 0. The fraction of sp³-hybridized carbons (Fsp3) is 0.500. The molecule has 0 aromatic carbocycles. The van der Waals surface area contributed by atoms with E-state index in [0.29, 0.717) is 5.88 Å². The molecule has 1 aliphatic rings. The summed E-state index contributed by atoms with van der Waals surface area (Å²) in [5.74, 6) is 1.47. The smallest absolute Gasteiger partial charge is 0.224 e. The lowest BCUT2D eigenvalue weighted by atomic mass is 9.85. The minimum atomic E-state index is 0.664. The van der Waals surface area contributed by atoms with Crippen LogP contribution in [0.3, 0.4) is 0 Å². The van der Waals surface area contributed by atoms with Crippen LogP contribution in [0.15, 0.2) is 18.5 Å². The zero-order chi connectivity index (χ0) is 11.0. The lowest BCUT2D eigenvalue weighted by Gasteiger charge is -2.25. The molecule has 84 valence electrons. The van der Waals surface area contributed by atoms with Crippen molar-refractivity contribution in [2.45, 2.75) is 25.8 Å². The molecule has 0 radical (unpaired) electrons. The Morgan fingerprint density at radius 1 is 1.50 bits per heavy atom. The molecule has 1 saturated carbocycles. The molecule has 0 unspecified atom stereocenters. The molecule has 2 aromatic heterocycles. The summed E-state index contributed by atoms with van der Waals surface area (Å²) in [6.45, 7) is 1.02. The van der Waals surface area contributed by atoms with Crippen molar-refractivity contribution in [3.05, 3.63) is 18.5 Å². The third-order valence-corrected chi connectivity index (χ3v) is 3.38. The number of nitrogens with zero attached hydrogens (tertiary/aromatic N) is 3. The third kappa shape index (κ3) is 1.45. The van der Waals surface area contributed by atoms with Crippen LogP contribution < -0.4 is 4.74 Å². The maximum absolute atomic E-state index is 5.22. The van der Waals surface area contributed by atoms with Crippen LogP contribution in [-0.2, 0) is 6.54 Å². The predicted molar refractivity (Wildman–Crippen MR) is 61.4 cm³/mol. The number of fused-ring (bicyclic) bond motifs is 1. The number of methoxy groups -OCH3 is 1. The maximum Gasteiger partial charge on any atom is 0.224 e. The van der Waals surface area contributed by atoms with Crippen LogP contribution >= 0.6 is 0 Å². The van der Waals surface area contributed by atoms with Gasteiger partial charge in [0.1, 0.15) is 0 Å². The zero-order valence-electron chi connectivity index (χ0n) is 9.39. The molecule has 4 nitrogen and oxygen atoms in total. The first-order valence-electron chi connectivity index (χ1n) is 5.73. The molecule has 0 bridgehead atoms. The number of hydrogen-bond donors (Lipinski definition) is 0. The summed E-state index contributed by atoms with van der Waals surface area (Å²) in [5, 5.41) is 5.43. The van der Waals surface area contributed by atoms with Crippen molar-refractivity contribution in [3.63, 3.8) is 0 Å². The van der Waals surface area contributed by atoms with Gasteiger partial charge < -0.3 is 4.74 Å². The molecule has 3 rings (SSSR count). The highest BCUT2D eigenvalue weighted by Gasteiger charge is 2.19. The highest BCUT2D eigenvalue weighted by Crippen LogP contribution is 2.29. The summed E-state index contributed by atoms with van der Waals surface area (Å²) in [6, 6.07) is 2.00. The predicted octanol–water partition coefficient (Wildman–Crippen LogP) is 2.24. The van der Waals surface area contributed by atoms with Gasteiger partial charge in [0.2, 0.25) is 5.88 Å². The van der Waals surface area contributed by atoms with Crippen LogP contribution in [0.4, 0.5) is 0 Å². The van der Waals surface area contributed by atoms with E-state index >= 15 is 0 Å². The highest BCUT2D eigenvalue weighted by atomic mass is 16.5. The molecular formula is C12H15N3O. The first-order chi connectivity index (χ1) is 7.88. The number of ether oxygens (including phenoxy) is 1. The third-order valence-electron chi connectivity index (χ3n) is 3.38. The summed E-state index contributed by atoms with van der Waals surface area (Å²) in [5.41, 5.74) is 1.12. The second-order valence-electron chi connectivity index (χ2n) is 4.38. The Morgan fingerprint density at radius 3 is 3.06 bits per heavy atom. The highest BCUT2D eigenvalue weighted by molar-refractivity contribution is 5.83. The first-order valence-corrected chi connectivity index (χ1v) is 5.73. The molecule has 0 N–H and O–H groups in total. The fourth-order valence-corrected chi connectivity index (χ4v) is 2.21. The van der Waals surface area contributed by atoms with Crippen LogP contribution in [0.5, 0.6) is 5.88 Å². The number of aromatic nitrogens is 3. The molecule has 16 heavy (non-hydrogen) atoms. The van der Waals surface area contributed by atoms with Crippen LogP contribution in [0, 0.1) is 5.92 Å². The standard InChI is InChI=1S/C12H15N3O/c1-16-12-10-7-14-15(8-9-3-2-4-9)11(10)5-6-13-12/h5-7,9H,2-4,8H2,1H3. The zero-order valence-corrected chi connectivity index (χ0v) is 9.39. The average Bonchev–Trinajstić information content (AvgIpc) is 2.66. The van der Waals surface area contributed by atoms with E-state index in [1.165, 1.54) is 19.3 Å². The Balaban J connectivity index is 1.99. The number of rotatable bonds is 3. The molecular weight excluding hydrogens is 202 g/mol. The van der Waals surface area contributed by atoms with Crippen molar-refractivity contribution in [2.24, 2.45) is 5.92 Å². The van der Waals surface area contributed by atoms with E-state index in [0.717, 1.165) is 23.4 Å². The van der Waals surface area contributed by atoms with Crippen LogP contribution in [-0.4, -0.2) is 21.9 Å². The monoisotopic (exact) mass is 217 g/mol. The summed E-state index contributed by atoms with van der Waals surface area (Å²) < 4.78 is 7.29. The van der Waals surface area contributed by atoms with Gasteiger partial charge in [0, 0.05) is 12.7 Å². The Hall–Kier alpha value is -1.58. The van der Waals surface area contributed by atoms with Crippen molar-refractivity contribution >= 4 is 10.9 Å². The topological polar surface area (TPSA) is 39.9 Å². The van der Waals surface area contributed by atoms with E-state index in [1.807, 2.05) is 12.3 Å². The van der Waals surface area contributed by atoms with Gasteiger partial charge in [-0.15, -0.1) is 0 Å². The molecule has 2 aromatic rings. The Bertz CT molecular complexity index is 502. The van der Waals surface area contributed by atoms with Crippen LogP contribution in [0.2, 0.25) is 0 Å². The van der Waals surface area contributed by atoms with Crippen LogP contribution in [0.25, 0.3) is 10.9 Å². The molecule has 0 amide bonds. The minimum absolute atomic E-state index is 0.664. The Morgan fingerprint density at radius 2 is 2.38 bits per heavy atom. The summed E-state index contributed by atoms with van der Waals surface area (Å²) in [6.07, 6.45) is 7.67. The van der Waals surface area contributed by atoms with Crippen molar-refractivity contribution in [1.29, 1.82) is 0 Å². The van der Waals surface area contributed by atoms with Gasteiger partial charge in [0.15, 0.2) is 0 Å². The second kappa shape index (κ2) is 3.77. The Kier molecular flexibility index (Phi) is 2.27. The SMILES string of the molecule is COc1nccc2c1cnn2CC1CCC1. The van der Waals surface area contributed by atoms with Gasteiger partial charge in [-0.3, -0.25) is 4.68 Å². The van der Waals surface area contributed by atoms with Gasteiger partial charge in [-0.05, 0) is 24.8 Å². The van der Waals surface area contributed by atoms with E-state index in [2.05, 4.69) is 14.8 Å².